The van der Waals surface area contributed by atoms with Gasteiger partial charge in [-0.1, -0.05) is 32.4 Å². The smallest absolute Gasteiger partial charge is 0.141 e. The molecule has 0 aliphatic carbocycles. The molecule has 6 heteroatoms. The summed E-state index contributed by atoms with van der Waals surface area (Å²) < 4.78 is 13.4. The van der Waals surface area contributed by atoms with Crippen molar-refractivity contribution in [1.82, 2.24) is 15.3 Å². The van der Waals surface area contributed by atoms with Crippen molar-refractivity contribution in [3.63, 3.8) is 0 Å². The average molecular weight is 356 g/mol. The molecule has 1 aliphatic rings. The van der Waals surface area contributed by atoms with Crippen molar-refractivity contribution in [3.05, 3.63) is 46.1 Å². The van der Waals surface area contributed by atoms with Crippen LogP contribution in [0.25, 0.3) is 11.3 Å². The average Bonchev–Trinajstić information content (AvgIpc) is 2.49. The van der Waals surface area contributed by atoms with E-state index in [1.54, 1.807) is 12.1 Å². The van der Waals surface area contributed by atoms with Crippen LogP contribution < -0.4 is 5.32 Å². The van der Waals surface area contributed by atoms with Gasteiger partial charge in [0.05, 0.1) is 16.4 Å². The Labute approximate surface area is 147 Å². The maximum Gasteiger partial charge on any atom is 0.141 e. The SMILES string of the molecule is CC(C)c1nc(-c2ccc(F)c(Cl)c2)c2c(n1)C(C)CNC2.Cl. The van der Waals surface area contributed by atoms with E-state index in [0.29, 0.717) is 5.92 Å². The normalized spacial score (nSPS) is 16.9. The summed E-state index contributed by atoms with van der Waals surface area (Å²) in [7, 11) is 0. The number of nitrogens with one attached hydrogen (secondary N) is 1. The number of hydrogen-bond donors (Lipinski definition) is 1. The van der Waals surface area contributed by atoms with Gasteiger partial charge in [-0.2, -0.15) is 0 Å². The number of nitrogens with zero attached hydrogens (tertiary/aromatic N) is 2. The largest absolute Gasteiger partial charge is 0.312 e. The van der Waals surface area contributed by atoms with E-state index in [1.807, 2.05) is 0 Å². The highest BCUT2D eigenvalue weighted by atomic mass is 35.5. The van der Waals surface area contributed by atoms with Gasteiger partial charge in [0.25, 0.3) is 0 Å². The lowest BCUT2D eigenvalue weighted by Gasteiger charge is -2.25. The van der Waals surface area contributed by atoms with Gasteiger partial charge >= 0.3 is 0 Å². The molecule has 0 spiro atoms. The van der Waals surface area contributed by atoms with Gasteiger partial charge in [-0.05, 0) is 18.2 Å². The summed E-state index contributed by atoms with van der Waals surface area (Å²) in [5.74, 6) is 0.979. The van der Waals surface area contributed by atoms with Gasteiger partial charge < -0.3 is 5.32 Å². The lowest BCUT2D eigenvalue weighted by atomic mass is 9.93. The fraction of sp³-hybridized carbons (Fsp3) is 0.412. The van der Waals surface area contributed by atoms with E-state index in [-0.39, 0.29) is 23.3 Å². The van der Waals surface area contributed by atoms with Crippen LogP contribution in [-0.2, 0) is 6.54 Å². The summed E-state index contributed by atoms with van der Waals surface area (Å²) in [4.78, 5) is 9.49. The maximum absolute atomic E-state index is 13.4. The molecule has 2 aromatic rings. The highest BCUT2D eigenvalue weighted by Gasteiger charge is 2.24. The number of halogens is 3. The van der Waals surface area contributed by atoms with Crippen LogP contribution in [0.15, 0.2) is 18.2 Å². The Hall–Kier alpha value is -1.23. The van der Waals surface area contributed by atoms with E-state index >= 15 is 0 Å². The third kappa shape index (κ3) is 3.49. The highest BCUT2D eigenvalue weighted by molar-refractivity contribution is 6.31. The van der Waals surface area contributed by atoms with Crippen LogP contribution in [0.2, 0.25) is 5.02 Å². The van der Waals surface area contributed by atoms with E-state index in [9.17, 15) is 4.39 Å². The van der Waals surface area contributed by atoms with Crippen LogP contribution >= 0.6 is 24.0 Å². The van der Waals surface area contributed by atoms with Crippen molar-refractivity contribution in [1.29, 1.82) is 0 Å². The molecule has 0 saturated carbocycles. The summed E-state index contributed by atoms with van der Waals surface area (Å²) in [5, 5.41) is 3.51. The molecule has 0 saturated heterocycles. The molecule has 3 rings (SSSR count). The van der Waals surface area contributed by atoms with Crippen molar-refractivity contribution in [2.24, 2.45) is 0 Å². The van der Waals surface area contributed by atoms with E-state index < -0.39 is 5.82 Å². The third-order valence-electron chi connectivity index (χ3n) is 3.98. The first kappa shape index (κ1) is 18.1. The van der Waals surface area contributed by atoms with Crippen molar-refractivity contribution >= 4 is 24.0 Å². The molecule has 3 nitrogen and oxygen atoms in total. The van der Waals surface area contributed by atoms with Gasteiger partial charge in [0, 0.05) is 36.1 Å². The Kier molecular flexibility index (Phi) is 5.61. The molecule has 0 radical (unpaired) electrons. The molecule has 124 valence electrons. The van der Waals surface area contributed by atoms with Gasteiger partial charge in [-0.15, -0.1) is 12.4 Å². The monoisotopic (exact) mass is 355 g/mol. The molecule has 23 heavy (non-hydrogen) atoms. The van der Waals surface area contributed by atoms with Crippen molar-refractivity contribution < 1.29 is 4.39 Å². The molecular formula is C17H20Cl2FN3. The fourth-order valence-corrected chi connectivity index (χ4v) is 2.93. The molecule has 1 atom stereocenters. The molecule has 1 aromatic carbocycles. The fourth-order valence-electron chi connectivity index (χ4n) is 2.75. The number of hydrogen-bond acceptors (Lipinski definition) is 3. The second kappa shape index (κ2) is 7.12. The van der Waals surface area contributed by atoms with E-state index in [2.05, 4.69) is 26.1 Å². The molecule has 1 N–H and O–H groups in total. The van der Waals surface area contributed by atoms with Gasteiger partial charge in [-0.25, -0.2) is 14.4 Å². The van der Waals surface area contributed by atoms with Gasteiger partial charge in [-0.3, -0.25) is 0 Å². The zero-order valence-electron chi connectivity index (χ0n) is 13.4. The van der Waals surface area contributed by atoms with Crippen molar-refractivity contribution in [2.75, 3.05) is 6.54 Å². The first-order chi connectivity index (χ1) is 10.5. The molecule has 0 amide bonds. The van der Waals surface area contributed by atoms with Crippen molar-refractivity contribution in [3.8, 4) is 11.3 Å². The van der Waals surface area contributed by atoms with E-state index in [1.165, 1.54) is 6.07 Å². The summed E-state index contributed by atoms with van der Waals surface area (Å²) in [6.07, 6.45) is 0. The van der Waals surface area contributed by atoms with Crippen LogP contribution in [0, 0.1) is 5.82 Å². The Morgan fingerprint density at radius 2 is 2.04 bits per heavy atom. The molecule has 2 heterocycles. The van der Waals surface area contributed by atoms with Crippen LogP contribution in [0.5, 0.6) is 0 Å². The molecule has 0 fully saturated rings. The number of rotatable bonds is 2. The van der Waals surface area contributed by atoms with Gasteiger partial charge in [0.2, 0.25) is 0 Å². The quantitative estimate of drug-likeness (QED) is 0.849. The zero-order valence-corrected chi connectivity index (χ0v) is 14.9. The summed E-state index contributed by atoms with van der Waals surface area (Å²) >= 11 is 5.94. The molecular weight excluding hydrogens is 336 g/mol. The van der Waals surface area contributed by atoms with Crippen LogP contribution in [0.4, 0.5) is 4.39 Å². The third-order valence-corrected chi connectivity index (χ3v) is 4.27. The van der Waals surface area contributed by atoms with Crippen LogP contribution in [0.1, 0.15) is 49.7 Å². The Morgan fingerprint density at radius 1 is 1.30 bits per heavy atom. The minimum absolute atomic E-state index is 0. The number of aromatic nitrogens is 2. The first-order valence-electron chi connectivity index (χ1n) is 7.54. The standard InChI is InChI=1S/C17H19ClFN3.ClH/c1-9(2)17-21-15-10(3)7-20-8-12(15)16(22-17)11-4-5-14(19)13(18)6-11;/h4-6,9-10,20H,7-8H2,1-3H3;1H. The zero-order chi connectivity index (χ0) is 15.9. The summed E-state index contributed by atoms with van der Waals surface area (Å²) in [6, 6.07) is 4.76. The number of benzene rings is 1. The topological polar surface area (TPSA) is 37.8 Å². The minimum atomic E-state index is -0.413. The second-order valence-corrected chi connectivity index (χ2v) is 6.52. The van der Waals surface area contributed by atoms with Crippen LogP contribution in [0.3, 0.4) is 0 Å². The molecule has 1 aliphatic heterocycles. The molecule has 0 bridgehead atoms. The van der Waals surface area contributed by atoms with E-state index in [4.69, 9.17) is 21.6 Å². The Bertz CT molecular complexity index is 719. The van der Waals surface area contributed by atoms with Crippen molar-refractivity contribution in [2.45, 2.75) is 39.2 Å². The Morgan fingerprint density at radius 3 is 2.70 bits per heavy atom. The van der Waals surface area contributed by atoms with Gasteiger partial charge in [0.15, 0.2) is 0 Å². The lowest BCUT2D eigenvalue weighted by molar-refractivity contribution is 0.547. The number of fused-ring (bicyclic) bond motifs is 1. The highest BCUT2D eigenvalue weighted by Crippen LogP contribution is 2.33. The van der Waals surface area contributed by atoms with Gasteiger partial charge in [0.1, 0.15) is 11.6 Å². The molecule has 1 aromatic heterocycles. The van der Waals surface area contributed by atoms with Crippen LogP contribution in [-0.4, -0.2) is 16.5 Å². The maximum atomic E-state index is 13.4. The lowest BCUT2D eigenvalue weighted by Crippen LogP contribution is -2.29. The molecule has 1 unspecified atom stereocenters. The Balaban J connectivity index is 0.00000192. The second-order valence-electron chi connectivity index (χ2n) is 6.11. The minimum Gasteiger partial charge on any atom is -0.312 e. The predicted molar refractivity (Wildman–Crippen MR) is 93.9 cm³/mol. The predicted octanol–water partition coefficient (Wildman–Crippen LogP) is 4.69. The summed E-state index contributed by atoms with van der Waals surface area (Å²) in [6.45, 7) is 7.95. The van der Waals surface area contributed by atoms with E-state index in [0.717, 1.165) is 41.4 Å². The summed E-state index contributed by atoms with van der Waals surface area (Å²) in [5.41, 5.74) is 3.87. The first-order valence-corrected chi connectivity index (χ1v) is 7.92.